The zero-order chi connectivity index (χ0) is 18.9. The van der Waals surface area contributed by atoms with Crippen molar-refractivity contribution < 1.29 is 23.9 Å². The van der Waals surface area contributed by atoms with Gasteiger partial charge in [0.2, 0.25) is 0 Å². The van der Waals surface area contributed by atoms with Crippen molar-refractivity contribution in [2.75, 3.05) is 19.7 Å². The van der Waals surface area contributed by atoms with E-state index in [9.17, 15) is 14.4 Å². The third-order valence-corrected chi connectivity index (χ3v) is 4.17. The van der Waals surface area contributed by atoms with Gasteiger partial charge >= 0.3 is 12.1 Å². The molecule has 1 aromatic carbocycles. The normalized spacial score (nSPS) is 14.6. The molecule has 2 amide bonds. The van der Waals surface area contributed by atoms with Gasteiger partial charge in [-0.05, 0) is 37.5 Å². The first kappa shape index (κ1) is 19.8. The van der Waals surface area contributed by atoms with Crippen LogP contribution in [0, 0.1) is 0 Å². The maximum Gasteiger partial charge on any atom is 0.409 e. The van der Waals surface area contributed by atoms with Gasteiger partial charge in [-0.3, -0.25) is 9.59 Å². The van der Waals surface area contributed by atoms with E-state index in [0.717, 1.165) is 12.8 Å². The molecule has 1 heterocycles. The number of ether oxygens (including phenoxy) is 2. The molecule has 26 heavy (non-hydrogen) atoms. The number of piperidine rings is 1. The summed E-state index contributed by atoms with van der Waals surface area (Å²) in [6.45, 7) is 4.93. The van der Waals surface area contributed by atoms with E-state index < -0.39 is 5.97 Å². The summed E-state index contributed by atoms with van der Waals surface area (Å²) in [7, 11) is 0. The highest BCUT2D eigenvalue weighted by atomic mass is 16.6. The quantitative estimate of drug-likeness (QED) is 0.478. The summed E-state index contributed by atoms with van der Waals surface area (Å²) in [5, 5.41) is 2.97. The summed E-state index contributed by atoms with van der Waals surface area (Å²) in [4.78, 5) is 37.0. The molecule has 0 unspecified atom stereocenters. The van der Waals surface area contributed by atoms with Crippen molar-refractivity contribution in [3.8, 4) is 5.75 Å². The fourth-order valence-electron chi connectivity index (χ4n) is 2.74. The lowest BCUT2D eigenvalue weighted by atomic mass is 10.0. The molecule has 1 aliphatic heterocycles. The van der Waals surface area contributed by atoms with E-state index in [0.29, 0.717) is 43.9 Å². The second-order valence-electron chi connectivity index (χ2n) is 6.32. The lowest BCUT2D eigenvalue weighted by molar-refractivity contribution is -0.131. The van der Waals surface area contributed by atoms with E-state index in [4.69, 9.17) is 9.47 Å². The van der Waals surface area contributed by atoms with Gasteiger partial charge in [0.25, 0.3) is 5.91 Å². The van der Waals surface area contributed by atoms with Gasteiger partial charge in [-0.25, -0.2) is 4.79 Å². The minimum Gasteiger partial charge on any atom is -0.449 e. The summed E-state index contributed by atoms with van der Waals surface area (Å²) < 4.78 is 10.2. The van der Waals surface area contributed by atoms with E-state index in [2.05, 4.69) is 5.32 Å². The van der Waals surface area contributed by atoms with Crippen LogP contribution in [0.3, 0.4) is 0 Å². The van der Waals surface area contributed by atoms with Crippen LogP contribution in [0.1, 0.15) is 49.9 Å². The predicted octanol–water partition coefficient (Wildman–Crippen LogP) is 2.74. The number of carbonyl (C=O) groups excluding carboxylic acids is 3. The van der Waals surface area contributed by atoms with Crippen molar-refractivity contribution >= 4 is 18.0 Å². The van der Waals surface area contributed by atoms with Crippen LogP contribution < -0.4 is 10.1 Å². The van der Waals surface area contributed by atoms with Crippen LogP contribution in [-0.2, 0) is 9.53 Å². The average molecular weight is 362 g/mol. The minimum absolute atomic E-state index is 0.000395. The number of nitrogens with zero attached hydrogens (tertiary/aromatic N) is 1. The average Bonchev–Trinajstić information content (AvgIpc) is 2.62. The Balaban J connectivity index is 1.81. The highest BCUT2D eigenvalue weighted by Crippen LogP contribution is 2.16. The zero-order valence-electron chi connectivity index (χ0n) is 15.3. The molecule has 7 nitrogen and oxygen atoms in total. The van der Waals surface area contributed by atoms with Crippen LogP contribution >= 0.6 is 0 Å². The number of benzene rings is 1. The van der Waals surface area contributed by atoms with Crippen LogP contribution in [0.2, 0.25) is 0 Å². The first-order valence-corrected chi connectivity index (χ1v) is 9.00. The van der Waals surface area contributed by atoms with Gasteiger partial charge in [0.05, 0.1) is 6.61 Å². The lowest BCUT2D eigenvalue weighted by Gasteiger charge is -2.31. The third-order valence-electron chi connectivity index (χ3n) is 4.17. The molecule has 1 N–H and O–H groups in total. The predicted molar refractivity (Wildman–Crippen MR) is 96.1 cm³/mol. The van der Waals surface area contributed by atoms with E-state index >= 15 is 0 Å². The molecule has 0 atom stereocenters. The van der Waals surface area contributed by atoms with Gasteiger partial charge in [0.15, 0.2) is 0 Å². The molecule has 1 aliphatic rings. The van der Waals surface area contributed by atoms with Gasteiger partial charge in [-0.15, -0.1) is 0 Å². The summed E-state index contributed by atoms with van der Waals surface area (Å²) in [5.74, 6) is -0.307. The number of hydrogen-bond donors (Lipinski definition) is 1. The van der Waals surface area contributed by atoms with Gasteiger partial charge in [0.1, 0.15) is 5.75 Å². The highest BCUT2D eigenvalue weighted by molar-refractivity contribution is 5.94. The van der Waals surface area contributed by atoms with E-state index in [1.165, 1.54) is 13.0 Å². The van der Waals surface area contributed by atoms with Crippen molar-refractivity contribution in [3.63, 3.8) is 0 Å². The molecule has 0 spiro atoms. The molecule has 1 aromatic rings. The number of carbonyl (C=O) groups is 3. The van der Waals surface area contributed by atoms with Crippen LogP contribution in [0.25, 0.3) is 0 Å². The summed E-state index contributed by atoms with van der Waals surface area (Å²) in [6.07, 6.45) is 2.93. The van der Waals surface area contributed by atoms with Crippen molar-refractivity contribution in [1.82, 2.24) is 10.2 Å². The molecular weight excluding hydrogens is 336 g/mol. The third kappa shape index (κ3) is 6.06. The number of amides is 2. The number of esters is 1. The number of rotatable bonds is 6. The Morgan fingerprint density at radius 1 is 1.23 bits per heavy atom. The van der Waals surface area contributed by atoms with Gasteiger partial charge < -0.3 is 19.7 Å². The molecule has 0 aromatic heterocycles. The van der Waals surface area contributed by atoms with Crippen molar-refractivity contribution in [3.05, 3.63) is 29.8 Å². The standard InChI is InChI=1S/C19H26N2O5/c1-3-4-12-25-19(24)21-10-8-16(9-11-21)20-18(23)15-6-5-7-17(13-15)26-14(2)22/h5-7,13,16H,3-4,8-12H2,1-2H3,(H,20,23). The highest BCUT2D eigenvalue weighted by Gasteiger charge is 2.25. The van der Waals surface area contributed by atoms with Gasteiger partial charge in [-0.1, -0.05) is 19.4 Å². The Labute approximate surface area is 153 Å². The number of likely N-dealkylation sites (tertiary alicyclic amines) is 1. The summed E-state index contributed by atoms with van der Waals surface area (Å²) >= 11 is 0. The number of hydrogen-bond acceptors (Lipinski definition) is 5. The second-order valence-corrected chi connectivity index (χ2v) is 6.32. The van der Waals surface area contributed by atoms with Crippen molar-refractivity contribution in [2.45, 2.75) is 45.6 Å². The molecule has 1 saturated heterocycles. The SMILES string of the molecule is CCCCOC(=O)N1CCC(NC(=O)c2cccc(OC(C)=O)c2)CC1. The van der Waals surface area contributed by atoms with Crippen molar-refractivity contribution in [2.24, 2.45) is 0 Å². The molecule has 0 aliphatic carbocycles. The Hall–Kier alpha value is -2.57. The molecule has 7 heteroatoms. The molecule has 0 saturated carbocycles. The Kier molecular flexibility index (Phi) is 7.44. The molecular formula is C19H26N2O5. The minimum atomic E-state index is -0.430. The molecule has 0 radical (unpaired) electrons. The van der Waals surface area contributed by atoms with E-state index in [1.54, 1.807) is 23.1 Å². The fourth-order valence-corrected chi connectivity index (χ4v) is 2.74. The maximum absolute atomic E-state index is 12.4. The maximum atomic E-state index is 12.4. The van der Waals surface area contributed by atoms with Crippen molar-refractivity contribution in [1.29, 1.82) is 0 Å². The molecule has 142 valence electrons. The van der Waals surface area contributed by atoms with Gasteiger partial charge in [-0.2, -0.15) is 0 Å². The zero-order valence-corrected chi connectivity index (χ0v) is 15.3. The first-order chi connectivity index (χ1) is 12.5. The number of unbranched alkanes of at least 4 members (excludes halogenated alkanes) is 1. The fraction of sp³-hybridized carbons (Fsp3) is 0.526. The molecule has 0 bridgehead atoms. The summed E-state index contributed by atoms with van der Waals surface area (Å²) in [5.41, 5.74) is 0.435. The van der Waals surface area contributed by atoms with Crippen LogP contribution in [-0.4, -0.2) is 48.6 Å². The Morgan fingerprint density at radius 2 is 1.96 bits per heavy atom. The molecule has 1 fully saturated rings. The largest absolute Gasteiger partial charge is 0.449 e. The summed E-state index contributed by atoms with van der Waals surface area (Å²) in [6, 6.07) is 6.50. The molecule has 2 rings (SSSR count). The monoisotopic (exact) mass is 362 g/mol. The second kappa shape index (κ2) is 9.79. The van der Waals surface area contributed by atoms with Crippen LogP contribution in [0.4, 0.5) is 4.79 Å². The number of nitrogens with one attached hydrogen (secondary N) is 1. The Morgan fingerprint density at radius 3 is 2.62 bits per heavy atom. The smallest absolute Gasteiger partial charge is 0.409 e. The lowest BCUT2D eigenvalue weighted by Crippen LogP contribution is -2.46. The first-order valence-electron chi connectivity index (χ1n) is 9.00. The van der Waals surface area contributed by atoms with E-state index in [-0.39, 0.29) is 18.0 Å². The van der Waals surface area contributed by atoms with Gasteiger partial charge in [0, 0.05) is 31.6 Å². The van der Waals surface area contributed by atoms with Crippen LogP contribution in [0.5, 0.6) is 5.75 Å². The Bertz CT molecular complexity index is 639. The van der Waals surface area contributed by atoms with Crippen LogP contribution in [0.15, 0.2) is 24.3 Å². The topological polar surface area (TPSA) is 84.9 Å². The van der Waals surface area contributed by atoms with E-state index in [1.807, 2.05) is 6.92 Å².